The lowest BCUT2D eigenvalue weighted by molar-refractivity contribution is -0.122. The van der Waals surface area contributed by atoms with Crippen LogP contribution in [-0.4, -0.2) is 18.8 Å². The molecule has 1 heterocycles. The van der Waals surface area contributed by atoms with E-state index in [2.05, 4.69) is 5.32 Å². The average molecular weight is 365 g/mol. The summed E-state index contributed by atoms with van der Waals surface area (Å²) in [6.07, 6.45) is 1.22. The summed E-state index contributed by atoms with van der Waals surface area (Å²) in [7, 11) is 1.61. The molecule has 0 fully saturated rings. The summed E-state index contributed by atoms with van der Waals surface area (Å²) in [6, 6.07) is 13.7. The fraction of sp³-hybridized carbons (Fsp3) is 0.273. The van der Waals surface area contributed by atoms with Gasteiger partial charge in [-0.3, -0.25) is 9.59 Å². The van der Waals surface area contributed by atoms with Gasteiger partial charge in [0.25, 0.3) is 0 Å². The first-order chi connectivity index (χ1) is 13.0. The van der Waals surface area contributed by atoms with Crippen molar-refractivity contribution < 1.29 is 18.7 Å². The maximum absolute atomic E-state index is 13.3. The van der Waals surface area contributed by atoms with Crippen molar-refractivity contribution in [3.8, 4) is 5.75 Å². The largest absolute Gasteiger partial charge is 0.497 e. The molecular weight excluding hydrogens is 345 g/mol. The van der Waals surface area contributed by atoms with E-state index >= 15 is 0 Å². The van der Waals surface area contributed by atoms with E-state index in [-0.39, 0.29) is 35.8 Å². The highest BCUT2D eigenvalue weighted by molar-refractivity contribution is 6.02. The minimum atomic E-state index is -0.331. The van der Waals surface area contributed by atoms with Crippen LogP contribution in [-0.2, 0) is 9.59 Å². The molecule has 0 spiro atoms. The number of benzene rings is 2. The first-order valence-corrected chi connectivity index (χ1v) is 9.00. The Morgan fingerprint density at radius 3 is 2.26 bits per heavy atom. The molecule has 2 aromatic rings. The molecule has 4 nitrogen and oxygen atoms in total. The molecule has 0 radical (unpaired) electrons. The van der Waals surface area contributed by atoms with Crippen molar-refractivity contribution >= 4 is 11.7 Å². The molecule has 0 saturated carbocycles. The Hall–Kier alpha value is -2.95. The third-order valence-electron chi connectivity index (χ3n) is 5.40. The van der Waals surface area contributed by atoms with Crippen LogP contribution in [0.5, 0.6) is 5.75 Å². The molecule has 4 rings (SSSR count). The van der Waals surface area contributed by atoms with Gasteiger partial charge in [-0.2, -0.15) is 0 Å². The van der Waals surface area contributed by atoms with Crippen LogP contribution in [0.2, 0.25) is 0 Å². The van der Waals surface area contributed by atoms with Gasteiger partial charge in [-0.25, -0.2) is 4.39 Å². The van der Waals surface area contributed by atoms with Gasteiger partial charge in [0.2, 0.25) is 5.91 Å². The molecule has 1 aliphatic heterocycles. The Bertz CT molecular complexity index is 916. The summed E-state index contributed by atoms with van der Waals surface area (Å²) in [5.41, 5.74) is 3.23. The van der Waals surface area contributed by atoms with E-state index in [9.17, 15) is 14.0 Å². The molecule has 5 heteroatoms. The van der Waals surface area contributed by atoms with Gasteiger partial charge in [0.15, 0.2) is 5.78 Å². The van der Waals surface area contributed by atoms with Crippen molar-refractivity contribution in [2.75, 3.05) is 7.11 Å². The number of methoxy groups -OCH3 is 1. The van der Waals surface area contributed by atoms with Gasteiger partial charge in [-0.15, -0.1) is 0 Å². The molecule has 1 aliphatic carbocycles. The molecule has 1 N–H and O–H groups in total. The number of nitrogens with one attached hydrogen (secondary N) is 1. The lowest BCUT2D eigenvalue weighted by atomic mass is 9.73. The molecule has 27 heavy (non-hydrogen) atoms. The van der Waals surface area contributed by atoms with E-state index in [1.165, 1.54) is 12.1 Å². The van der Waals surface area contributed by atoms with Crippen molar-refractivity contribution in [3.63, 3.8) is 0 Å². The number of hydrogen-bond donors (Lipinski definition) is 1. The van der Waals surface area contributed by atoms with Gasteiger partial charge in [-0.1, -0.05) is 24.3 Å². The summed E-state index contributed by atoms with van der Waals surface area (Å²) < 4.78 is 18.5. The highest BCUT2D eigenvalue weighted by Gasteiger charge is 2.38. The van der Waals surface area contributed by atoms with Gasteiger partial charge in [-0.05, 0) is 47.7 Å². The van der Waals surface area contributed by atoms with Gasteiger partial charge >= 0.3 is 0 Å². The highest BCUT2D eigenvalue weighted by atomic mass is 19.1. The molecule has 138 valence electrons. The van der Waals surface area contributed by atoms with Gasteiger partial charge in [0, 0.05) is 30.0 Å². The fourth-order valence-corrected chi connectivity index (χ4v) is 4.05. The number of carbonyl (C=O) groups is 2. The SMILES string of the molecule is COc1ccc([C@@H]2CC(=O)C3=C(C2)NC(=O)C[C@@H]3c2ccc(F)cc2)cc1. The lowest BCUT2D eigenvalue weighted by Gasteiger charge is -2.34. The second kappa shape index (κ2) is 6.99. The van der Waals surface area contributed by atoms with Crippen LogP contribution in [0.3, 0.4) is 0 Å². The van der Waals surface area contributed by atoms with Crippen LogP contribution in [0.15, 0.2) is 59.8 Å². The molecule has 0 saturated heterocycles. The van der Waals surface area contributed by atoms with Crippen molar-refractivity contribution in [1.82, 2.24) is 5.32 Å². The first kappa shape index (κ1) is 17.5. The van der Waals surface area contributed by atoms with Crippen LogP contribution in [0.1, 0.15) is 42.2 Å². The van der Waals surface area contributed by atoms with Gasteiger partial charge in [0.1, 0.15) is 11.6 Å². The quantitative estimate of drug-likeness (QED) is 0.899. The first-order valence-electron chi connectivity index (χ1n) is 9.00. The second-order valence-electron chi connectivity index (χ2n) is 7.05. The van der Waals surface area contributed by atoms with Gasteiger partial charge in [0.05, 0.1) is 7.11 Å². The normalized spacial score (nSPS) is 22.3. The predicted octanol–water partition coefficient (Wildman–Crippen LogP) is 3.84. The van der Waals surface area contributed by atoms with E-state index in [1.54, 1.807) is 19.2 Å². The van der Waals surface area contributed by atoms with E-state index in [0.717, 1.165) is 16.9 Å². The van der Waals surface area contributed by atoms with E-state index in [1.807, 2.05) is 24.3 Å². The minimum absolute atomic E-state index is 0.0226. The Morgan fingerprint density at radius 1 is 0.926 bits per heavy atom. The number of amides is 1. The van der Waals surface area contributed by atoms with Crippen molar-refractivity contribution in [1.29, 1.82) is 0 Å². The predicted molar refractivity (Wildman–Crippen MR) is 98.9 cm³/mol. The molecular formula is C22H20FNO3. The third-order valence-corrected chi connectivity index (χ3v) is 5.40. The molecule has 2 aliphatic rings. The van der Waals surface area contributed by atoms with Crippen molar-refractivity contribution in [2.24, 2.45) is 0 Å². The Kier molecular flexibility index (Phi) is 4.52. The Balaban J connectivity index is 1.67. The smallest absolute Gasteiger partial charge is 0.225 e. The average Bonchev–Trinajstić information content (AvgIpc) is 2.67. The van der Waals surface area contributed by atoms with Crippen LogP contribution in [0, 0.1) is 5.82 Å². The summed E-state index contributed by atoms with van der Waals surface area (Å²) in [5.74, 6) is 0.0941. The van der Waals surface area contributed by atoms with Gasteiger partial charge < -0.3 is 10.1 Å². The monoisotopic (exact) mass is 365 g/mol. The zero-order chi connectivity index (χ0) is 19.0. The molecule has 0 bridgehead atoms. The Labute approximate surface area is 157 Å². The molecule has 0 aromatic heterocycles. The second-order valence-corrected chi connectivity index (χ2v) is 7.05. The van der Waals surface area contributed by atoms with Crippen LogP contribution in [0.25, 0.3) is 0 Å². The maximum atomic E-state index is 13.3. The topological polar surface area (TPSA) is 55.4 Å². The summed E-state index contributed by atoms with van der Waals surface area (Å²) in [6.45, 7) is 0. The lowest BCUT2D eigenvalue weighted by Crippen LogP contribution is -2.38. The molecule has 2 atom stereocenters. The highest BCUT2D eigenvalue weighted by Crippen LogP contribution is 2.42. The van der Waals surface area contributed by atoms with Crippen LogP contribution >= 0.6 is 0 Å². The van der Waals surface area contributed by atoms with E-state index in [4.69, 9.17) is 4.74 Å². The van der Waals surface area contributed by atoms with Crippen molar-refractivity contribution in [2.45, 2.75) is 31.1 Å². The third kappa shape index (κ3) is 3.37. The van der Waals surface area contributed by atoms with E-state index < -0.39 is 0 Å². The summed E-state index contributed by atoms with van der Waals surface area (Å²) in [4.78, 5) is 25.2. The fourth-order valence-electron chi connectivity index (χ4n) is 4.05. The number of ether oxygens (including phenoxy) is 1. The number of Topliss-reactive ketones (excluding diaryl/α,β-unsaturated/α-hetero) is 1. The van der Waals surface area contributed by atoms with Crippen LogP contribution in [0.4, 0.5) is 4.39 Å². The molecule has 0 unspecified atom stereocenters. The minimum Gasteiger partial charge on any atom is -0.497 e. The molecule has 1 amide bonds. The standard InChI is InChI=1S/C22H20FNO3/c1-27-17-8-4-13(5-9-17)15-10-19-22(20(25)11-15)18(12-21(26)24-19)14-2-6-16(23)7-3-14/h2-9,15,18H,10-12H2,1H3,(H,24,26)/t15-,18+/m0/s1. The number of halogens is 1. The summed E-state index contributed by atoms with van der Waals surface area (Å²) >= 11 is 0. The zero-order valence-corrected chi connectivity index (χ0v) is 15.0. The van der Waals surface area contributed by atoms with Crippen molar-refractivity contribution in [3.05, 3.63) is 76.7 Å². The number of allylic oxidation sites excluding steroid dienone is 2. The molecule has 2 aromatic carbocycles. The Morgan fingerprint density at radius 2 is 1.59 bits per heavy atom. The number of ketones is 1. The van der Waals surface area contributed by atoms with E-state index in [0.29, 0.717) is 24.1 Å². The summed E-state index contributed by atoms with van der Waals surface area (Å²) in [5, 5.41) is 2.90. The zero-order valence-electron chi connectivity index (χ0n) is 15.0. The number of carbonyl (C=O) groups excluding carboxylic acids is 2. The number of hydrogen-bond acceptors (Lipinski definition) is 3. The maximum Gasteiger partial charge on any atom is 0.225 e. The van der Waals surface area contributed by atoms with Crippen LogP contribution < -0.4 is 10.1 Å². The number of rotatable bonds is 3.